The standard InChI is InChI=1S/C12H11FN4O/c13-10-7-4-8-11(15-10)16-17(12(14)18)9-5-2-1-3-6-9/h1-8H,(H2,14,18)(H,15,16). The van der Waals surface area contributed by atoms with Crippen LogP contribution in [-0.2, 0) is 0 Å². The molecule has 1 heterocycles. The number of pyridine rings is 1. The number of nitrogens with two attached hydrogens (primary N) is 1. The lowest BCUT2D eigenvalue weighted by atomic mass is 10.3. The minimum atomic E-state index is -0.715. The van der Waals surface area contributed by atoms with E-state index >= 15 is 0 Å². The van der Waals surface area contributed by atoms with Gasteiger partial charge in [-0.15, -0.1) is 0 Å². The largest absolute Gasteiger partial charge is 0.350 e. The van der Waals surface area contributed by atoms with Crippen LogP contribution in [0.2, 0.25) is 0 Å². The third-order valence-corrected chi connectivity index (χ3v) is 2.18. The van der Waals surface area contributed by atoms with Gasteiger partial charge in [-0.05, 0) is 24.3 Å². The number of carbonyl (C=O) groups is 1. The molecule has 2 amide bonds. The third kappa shape index (κ3) is 2.73. The van der Waals surface area contributed by atoms with Crippen LogP contribution in [0.15, 0.2) is 48.5 Å². The van der Waals surface area contributed by atoms with Gasteiger partial charge in [0.25, 0.3) is 0 Å². The number of primary amides is 1. The summed E-state index contributed by atoms with van der Waals surface area (Å²) in [7, 11) is 0. The smallest absolute Gasteiger partial charge is 0.338 e. The number of benzene rings is 1. The van der Waals surface area contributed by atoms with Crippen molar-refractivity contribution in [2.24, 2.45) is 5.73 Å². The lowest BCUT2D eigenvalue weighted by molar-refractivity contribution is 0.255. The maximum Gasteiger partial charge on any atom is 0.338 e. The number of carbonyl (C=O) groups excluding carboxylic acids is 1. The molecule has 0 unspecified atom stereocenters. The van der Waals surface area contributed by atoms with Crippen molar-refractivity contribution in [3.8, 4) is 0 Å². The molecule has 0 aliphatic carbocycles. The van der Waals surface area contributed by atoms with E-state index in [0.29, 0.717) is 5.69 Å². The molecule has 0 aliphatic rings. The van der Waals surface area contributed by atoms with Crippen molar-refractivity contribution < 1.29 is 9.18 Å². The van der Waals surface area contributed by atoms with Crippen molar-refractivity contribution in [2.75, 3.05) is 10.4 Å². The van der Waals surface area contributed by atoms with Gasteiger partial charge in [-0.1, -0.05) is 24.3 Å². The van der Waals surface area contributed by atoms with Crippen LogP contribution in [0.25, 0.3) is 0 Å². The molecule has 2 rings (SSSR count). The number of hydrazine groups is 1. The van der Waals surface area contributed by atoms with Crippen molar-refractivity contribution in [2.45, 2.75) is 0 Å². The number of anilines is 2. The van der Waals surface area contributed by atoms with Crippen LogP contribution in [0.1, 0.15) is 0 Å². The van der Waals surface area contributed by atoms with Gasteiger partial charge in [0.15, 0.2) is 0 Å². The van der Waals surface area contributed by atoms with E-state index in [1.165, 1.54) is 18.2 Å². The fraction of sp³-hybridized carbons (Fsp3) is 0. The Balaban J connectivity index is 2.25. The molecule has 0 spiro atoms. The van der Waals surface area contributed by atoms with Crippen molar-refractivity contribution in [1.29, 1.82) is 0 Å². The first-order valence-electron chi connectivity index (χ1n) is 5.20. The summed E-state index contributed by atoms with van der Waals surface area (Å²) in [6, 6.07) is 12.2. The molecule has 0 atom stereocenters. The van der Waals surface area contributed by atoms with Crippen LogP contribution < -0.4 is 16.2 Å². The fourth-order valence-electron chi connectivity index (χ4n) is 1.41. The normalized spacial score (nSPS) is 9.83. The van der Waals surface area contributed by atoms with E-state index in [0.717, 1.165) is 5.01 Å². The number of halogens is 1. The molecule has 6 heteroatoms. The number of para-hydroxylation sites is 1. The Hall–Kier alpha value is -2.63. The van der Waals surface area contributed by atoms with Crippen LogP contribution in [0.4, 0.5) is 20.7 Å². The maximum atomic E-state index is 12.9. The molecule has 0 radical (unpaired) electrons. The minimum absolute atomic E-state index is 0.192. The number of hydrogen-bond donors (Lipinski definition) is 2. The molecule has 18 heavy (non-hydrogen) atoms. The number of rotatable bonds is 3. The van der Waals surface area contributed by atoms with Gasteiger partial charge in [-0.25, -0.2) is 14.8 Å². The summed E-state index contributed by atoms with van der Waals surface area (Å²) in [5.74, 6) is -0.449. The molecule has 5 nitrogen and oxygen atoms in total. The molecule has 92 valence electrons. The maximum absolute atomic E-state index is 12.9. The van der Waals surface area contributed by atoms with Crippen molar-refractivity contribution >= 4 is 17.5 Å². The summed E-state index contributed by atoms with van der Waals surface area (Å²) in [4.78, 5) is 14.9. The molecule has 0 fully saturated rings. The number of aromatic nitrogens is 1. The summed E-state index contributed by atoms with van der Waals surface area (Å²) < 4.78 is 12.9. The predicted octanol–water partition coefficient (Wildman–Crippen LogP) is 2.13. The zero-order valence-corrected chi connectivity index (χ0v) is 9.38. The van der Waals surface area contributed by atoms with Crippen LogP contribution >= 0.6 is 0 Å². The zero-order valence-electron chi connectivity index (χ0n) is 9.38. The molecule has 1 aromatic heterocycles. The number of amides is 2. The molecule has 0 saturated carbocycles. The first-order chi connectivity index (χ1) is 8.66. The number of hydrogen-bond acceptors (Lipinski definition) is 3. The Morgan fingerprint density at radius 2 is 1.89 bits per heavy atom. The van der Waals surface area contributed by atoms with Gasteiger partial charge in [0, 0.05) is 0 Å². The lowest BCUT2D eigenvalue weighted by Crippen LogP contribution is -2.40. The average molecular weight is 246 g/mol. The van der Waals surface area contributed by atoms with Gasteiger partial charge in [0.1, 0.15) is 5.82 Å². The van der Waals surface area contributed by atoms with Gasteiger partial charge in [-0.2, -0.15) is 4.39 Å². The molecular weight excluding hydrogens is 235 g/mol. The van der Waals surface area contributed by atoms with E-state index in [4.69, 9.17) is 5.73 Å². The van der Waals surface area contributed by atoms with Gasteiger partial charge in [0.05, 0.1) is 5.69 Å². The SMILES string of the molecule is NC(=O)N(Nc1cccc(F)n1)c1ccccc1. The van der Waals surface area contributed by atoms with Gasteiger partial charge >= 0.3 is 6.03 Å². The second-order valence-corrected chi connectivity index (χ2v) is 3.47. The van der Waals surface area contributed by atoms with E-state index in [2.05, 4.69) is 10.4 Å². The van der Waals surface area contributed by atoms with Crippen LogP contribution in [0.5, 0.6) is 0 Å². The van der Waals surface area contributed by atoms with Crippen molar-refractivity contribution in [1.82, 2.24) is 4.98 Å². The molecule has 0 bridgehead atoms. The van der Waals surface area contributed by atoms with E-state index < -0.39 is 12.0 Å². The second kappa shape index (κ2) is 5.13. The van der Waals surface area contributed by atoms with Gasteiger partial charge in [-0.3, -0.25) is 5.43 Å². The lowest BCUT2D eigenvalue weighted by Gasteiger charge is -2.21. The molecular formula is C12H11FN4O. The van der Waals surface area contributed by atoms with Crippen LogP contribution in [0.3, 0.4) is 0 Å². The Morgan fingerprint density at radius 3 is 2.50 bits per heavy atom. The molecule has 0 saturated heterocycles. The molecule has 0 aliphatic heterocycles. The quantitative estimate of drug-likeness (QED) is 0.643. The Morgan fingerprint density at radius 1 is 1.17 bits per heavy atom. The van der Waals surface area contributed by atoms with Gasteiger partial charge < -0.3 is 5.73 Å². The number of urea groups is 1. The predicted molar refractivity (Wildman–Crippen MR) is 66.3 cm³/mol. The van der Waals surface area contributed by atoms with E-state index in [1.54, 1.807) is 24.3 Å². The van der Waals surface area contributed by atoms with E-state index in [1.807, 2.05) is 6.07 Å². The van der Waals surface area contributed by atoms with Crippen LogP contribution in [0, 0.1) is 5.95 Å². The van der Waals surface area contributed by atoms with Crippen LogP contribution in [-0.4, -0.2) is 11.0 Å². The highest BCUT2D eigenvalue weighted by molar-refractivity contribution is 5.92. The highest BCUT2D eigenvalue weighted by Gasteiger charge is 2.12. The van der Waals surface area contributed by atoms with E-state index in [9.17, 15) is 9.18 Å². The number of nitrogens with one attached hydrogen (secondary N) is 1. The zero-order chi connectivity index (χ0) is 13.0. The first kappa shape index (κ1) is 11.8. The summed E-state index contributed by atoms with van der Waals surface area (Å²) in [6.45, 7) is 0. The van der Waals surface area contributed by atoms with Crippen molar-refractivity contribution in [3.05, 3.63) is 54.5 Å². The summed E-state index contributed by atoms with van der Waals surface area (Å²) in [6.07, 6.45) is 0. The third-order valence-electron chi connectivity index (χ3n) is 2.18. The average Bonchev–Trinajstić information content (AvgIpc) is 2.37. The van der Waals surface area contributed by atoms with Gasteiger partial charge in [0.2, 0.25) is 5.95 Å². The minimum Gasteiger partial charge on any atom is -0.350 e. The molecule has 2 aromatic rings. The Kier molecular flexibility index (Phi) is 3.38. The highest BCUT2D eigenvalue weighted by Crippen LogP contribution is 2.14. The van der Waals surface area contributed by atoms with E-state index in [-0.39, 0.29) is 5.82 Å². The number of nitrogens with zero attached hydrogens (tertiary/aromatic N) is 2. The Labute approximate surface area is 103 Å². The molecule has 3 N–H and O–H groups in total. The van der Waals surface area contributed by atoms with Crippen molar-refractivity contribution in [3.63, 3.8) is 0 Å². The monoisotopic (exact) mass is 246 g/mol. The summed E-state index contributed by atoms with van der Waals surface area (Å²) in [5, 5.41) is 1.09. The highest BCUT2D eigenvalue weighted by atomic mass is 19.1. The topological polar surface area (TPSA) is 71.2 Å². The fourth-order valence-corrected chi connectivity index (χ4v) is 1.41. The first-order valence-corrected chi connectivity index (χ1v) is 5.20. The second-order valence-electron chi connectivity index (χ2n) is 3.47. The molecule has 1 aromatic carbocycles. The summed E-state index contributed by atoms with van der Waals surface area (Å²) in [5.41, 5.74) is 8.44. The summed E-state index contributed by atoms with van der Waals surface area (Å²) >= 11 is 0. The Bertz CT molecular complexity index is 547.